The zero-order valence-electron chi connectivity index (χ0n) is 19.1. The van der Waals surface area contributed by atoms with Crippen molar-refractivity contribution in [3.8, 4) is 22.3 Å². The molecule has 0 bridgehead atoms. The Labute approximate surface area is 198 Å². The van der Waals surface area contributed by atoms with E-state index in [4.69, 9.17) is 5.73 Å². The zero-order chi connectivity index (χ0) is 23.7. The third-order valence-corrected chi connectivity index (χ3v) is 6.73. The maximum absolute atomic E-state index is 12.6. The van der Waals surface area contributed by atoms with Gasteiger partial charge >= 0.3 is 0 Å². The summed E-state index contributed by atoms with van der Waals surface area (Å²) in [7, 11) is 0. The van der Waals surface area contributed by atoms with Crippen LogP contribution in [0.5, 0.6) is 0 Å². The van der Waals surface area contributed by atoms with Crippen molar-refractivity contribution in [3.63, 3.8) is 0 Å². The third-order valence-electron chi connectivity index (χ3n) is 6.73. The molecule has 0 aliphatic carbocycles. The highest BCUT2D eigenvalue weighted by Crippen LogP contribution is 2.33. The van der Waals surface area contributed by atoms with Crippen molar-refractivity contribution in [2.24, 2.45) is 0 Å². The number of nitrogens with one attached hydrogen (secondary N) is 1. The number of pyridine rings is 1. The molecule has 0 spiro atoms. The van der Waals surface area contributed by atoms with Gasteiger partial charge in [-0.3, -0.25) is 4.90 Å². The van der Waals surface area contributed by atoms with E-state index in [1.807, 2.05) is 4.90 Å². The standard InChI is InChI=1S/C27H29F2N5/c1-18-24-7-4-20(14-21(24)8-9-31-18)25-15-22(16-32-27(25)30)19-2-5-23(6-3-19)34-12-10-33(11-13-34)17-26(28)29/h2-7,14-16,26,31H,1,8-13,17H2,(H2,30,32). The number of anilines is 2. The number of aromatic nitrogens is 1. The van der Waals surface area contributed by atoms with E-state index >= 15 is 0 Å². The van der Waals surface area contributed by atoms with Gasteiger partial charge in [0.25, 0.3) is 6.43 Å². The predicted octanol–water partition coefficient (Wildman–Crippen LogP) is 4.50. The number of hydrogen-bond acceptors (Lipinski definition) is 5. The van der Waals surface area contributed by atoms with E-state index in [0.717, 1.165) is 65.3 Å². The molecule has 2 aliphatic heterocycles. The maximum atomic E-state index is 12.6. The lowest BCUT2D eigenvalue weighted by molar-refractivity contribution is 0.0854. The van der Waals surface area contributed by atoms with E-state index in [1.54, 1.807) is 6.20 Å². The summed E-state index contributed by atoms with van der Waals surface area (Å²) in [5.41, 5.74) is 14.8. The highest BCUT2D eigenvalue weighted by Gasteiger charge is 2.20. The summed E-state index contributed by atoms with van der Waals surface area (Å²) >= 11 is 0. The van der Waals surface area contributed by atoms with E-state index in [1.165, 1.54) is 5.56 Å². The van der Waals surface area contributed by atoms with Crippen LogP contribution in [0.4, 0.5) is 20.3 Å². The second kappa shape index (κ2) is 9.43. The second-order valence-corrected chi connectivity index (χ2v) is 8.91. The van der Waals surface area contributed by atoms with Crippen LogP contribution in [0.1, 0.15) is 11.1 Å². The van der Waals surface area contributed by atoms with Crippen LogP contribution in [0.2, 0.25) is 0 Å². The number of nitrogen functional groups attached to an aromatic ring is 1. The van der Waals surface area contributed by atoms with Crippen molar-refractivity contribution in [1.29, 1.82) is 0 Å². The van der Waals surface area contributed by atoms with Crippen LogP contribution in [0.3, 0.4) is 0 Å². The molecule has 1 aromatic heterocycles. The average Bonchev–Trinajstić information content (AvgIpc) is 2.85. The summed E-state index contributed by atoms with van der Waals surface area (Å²) in [6.45, 7) is 7.65. The Morgan fingerprint density at radius 2 is 1.68 bits per heavy atom. The molecule has 5 nitrogen and oxygen atoms in total. The fourth-order valence-electron chi connectivity index (χ4n) is 4.82. The zero-order valence-corrected chi connectivity index (χ0v) is 19.1. The molecule has 3 N–H and O–H groups in total. The van der Waals surface area contributed by atoms with Gasteiger partial charge < -0.3 is 16.0 Å². The molecule has 1 fully saturated rings. The Kier molecular flexibility index (Phi) is 6.20. The topological polar surface area (TPSA) is 57.4 Å². The summed E-state index contributed by atoms with van der Waals surface area (Å²) in [5.74, 6) is 0.509. The number of piperazine rings is 1. The molecule has 2 aromatic carbocycles. The Balaban J connectivity index is 1.34. The van der Waals surface area contributed by atoms with Crippen LogP contribution >= 0.6 is 0 Å². The van der Waals surface area contributed by atoms with Gasteiger partial charge in [0.1, 0.15) is 5.82 Å². The summed E-state index contributed by atoms with van der Waals surface area (Å²) in [5, 5.41) is 3.31. The first kappa shape index (κ1) is 22.3. The van der Waals surface area contributed by atoms with Crippen molar-refractivity contribution < 1.29 is 8.78 Å². The Morgan fingerprint density at radius 1 is 0.941 bits per heavy atom. The van der Waals surface area contributed by atoms with Crippen molar-refractivity contribution in [1.82, 2.24) is 15.2 Å². The summed E-state index contributed by atoms with van der Waals surface area (Å²) in [6.07, 6.45) is 0.482. The first-order valence-corrected chi connectivity index (χ1v) is 11.7. The number of hydrogen-bond donors (Lipinski definition) is 2. The second-order valence-electron chi connectivity index (χ2n) is 8.91. The molecule has 3 heterocycles. The van der Waals surface area contributed by atoms with Crippen LogP contribution in [-0.4, -0.2) is 55.6 Å². The largest absolute Gasteiger partial charge is 0.385 e. The summed E-state index contributed by atoms with van der Waals surface area (Å²) in [4.78, 5) is 8.54. The molecule has 2 aliphatic rings. The summed E-state index contributed by atoms with van der Waals surface area (Å²) in [6, 6.07) is 16.8. The van der Waals surface area contributed by atoms with Crippen molar-refractivity contribution >= 4 is 17.2 Å². The average molecular weight is 462 g/mol. The molecule has 0 radical (unpaired) electrons. The Morgan fingerprint density at radius 3 is 2.41 bits per heavy atom. The van der Waals surface area contributed by atoms with Gasteiger partial charge in [-0.05, 0) is 41.3 Å². The SMILES string of the molecule is C=C1NCCc2cc(-c3cc(-c4ccc(N5CCN(CC(F)F)CC5)cc4)cnc3N)ccc21. The molecular weight excluding hydrogens is 432 g/mol. The molecular formula is C27H29F2N5. The molecule has 34 heavy (non-hydrogen) atoms. The van der Waals surface area contributed by atoms with Gasteiger partial charge in [0.05, 0.1) is 6.54 Å². The van der Waals surface area contributed by atoms with Crippen LogP contribution in [-0.2, 0) is 6.42 Å². The number of benzene rings is 2. The van der Waals surface area contributed by atoms with Gasteiger partial charge in [-0.1, -0.05) is 36.9 Å². The maximum Gasteiger partial charge on any atom is 0.251 e. The number of nitrogens with zero attached hydrogens (tertiary/aromatic N) is 3. The molecule has 5 rings (SSSR count). The highest BCUT2D eigenvalue weighted by atomic mass is 19.3. The molecule has 0 atom stereocenters. The number of nitrogens with two attached hydrogens (primary N) is 1. The number of alkyl halides is 2. The lowest BCUT2D eigenvalue weighted by Crippen LogP contribution is -2.47. The molecule has 0 saturated carbocycles. The van der Waals surface area contributed by atoms with Crippen LogP contribution in [0.15, 0.2) is 61.3 Å². The number of rotatable bonds is 5. The predicted molar refractivity (Wildman–Crippen MR) is 135 cm³/mol. The fourth-order valence-corrected chi connectivity index (χ4v) is 4.82. The quantitative estimate of drug-likeness (QED) is 0.586. The molecule has 7 heteroatoms. The number of halogens is 2. The minimum atomic E-state index is -2.28. The first-order chi connectivity index (χ1) is 16.5. The lowest BCUT2D eigenvalue weighted by Gasteiger charge is -2.36. The van der Waals surface area contributed by atoms with E-state index in [-0.39, 0.29) is 6.54 Å². The van der Waals surface area contributed by atoms with Crippen molar-refractivity contribution in [2.75, 3.05) is 49.9 Å². The van der Waals surface area contributed by atoms with Crippen molar-refractivity contribution in [2.45, 2.75) is 12.8 Å². The van der Waals surface area contributed by atoms with Crippen LogP contribution in [0, 0.1) is 0 Å². The van der Waals surface area contributed by atoms with E-state index in [0.29, 0.717) is 18.9 Å². The minimum Gasteiger partial charge on any atom is -0.385 e. The Bertz CT molecular complexity index is 1180. The first-order valence-electron chi connectivity index (χ1n) is 11.7. The van der Waals surface area contributed by atoms with Crippen LogP contribution in [0.25, 0.3) is 28.0 Å². The van der Waals surface area contributed by atoms with Gasteiger partial charge in [0.15, 0.2) is 0 Å². The normalized spacial score (nSPS) is 16.4. The van der Waals surface area contributed by atoms with Gasteiger partial charge in [-0.15, -0.1) is 0 Å². The van der Waals surface area contributed by atoms with Crippen molar-refractivity contribution in [3.05, 3.63) is 72.4 Å². The molecule has 3 aromatic rings. The van der Waals surface area contributed by atoms with Crippen LogP contribution < -0.4 is 16.0 Å². The Hall–Kier alpha value is -3.45. The van der Waals surface area contributed by atoms with Gasteiger partial charge in [-0.25, -0.2) is 13.8 Å². The van der Waals surface area contributed by atoms with Gasteiger partial charge in [0, 0.05) is 67.0 Å². The van der Waals surface area contributed by atoms with Gasteiger partial charge in [0.2, 0.25) is 0 Å². The van der Waals surface area contributed by atoms with Gasteiger partial charge in [-0.2, -0.15) is 0 Å². The monoisotopic (exact) mass is 461 g/mol. The molecule has 0 amide bonds. The number of fused-ring (bicyclic) bond motifs is 1. The molecule has 0 unspecified atom stereocenters. The fraction of sp³-hybridized carbons (Fsp3) is 0.296. The van der Waals surface area contributed by atoms with E-state index < -0.39 is 6.43 Å². The molecule has 1 saturated heterocycles. The van der Waals surface area contributed by atoms with E-state index in [9.17, 15) is 8.78 Å². The smallest absolute Gasteiger partial charge is 0.251 e. The lowest BCUT2D eigenvalue weighted by atomic mass is 9.93. The summed E-state index contributed by atoms with van der Waals surface area (Å²) < 4.78 is 25.2. The molecule has 176 valence electrons. The third kappa shape index (κ3) is 4.61. The highest BCUT2D eigenvalue weighted by molar-refractivity contribution is 5.81. The van der Waals surface area contributed by atoms with E-state index in [2.05, 4.69) is 70.3 Å². The minimum absolute atomic E-state index is 0.144.